The first kappa shape index (κ1) is 21.3. The molecule has 0 bridgehead atoms. The van der Waals surface area contributed by atoms with Gasteiger partial charge in [-0.15, -0.1) is 6.58 Å². The molecule has 8 atom stereocenters. The Kier molecular flexibility index (Phi) is 5.18. The number of fused-ring (bicyclic) bond motifs is 3. The molecule has 3 rings (SSSR count). The lowest BCUT2D eigenvalue weighted by Crippen LogP contribution is -2.71. The molecule has 1 aliphatic heterocycles. The second kappa shape index (κ2) is 6.56. The van der Waals surface area contributed by atoms with Crippen LogP contribution in [0.4, 0.5) is 0 Å². The van der Waals surface area contributed by atoms with Crippen LogP contribution in [0.1, 0.15) is 67.2 Å². The summed E-state index contributed by atoms with van der Waals surface area (Å²) in [6, 6.07) is 0. The molecular weight excluding hydrogens is 408 g/mol. The fourth-order valence-corrected chi connectivity index (χ4v) is 7.51. The van der Waals surface area contributed by atoms with Gasteiger partial charge in [-0.05, 0) is 44.4 Å². The van der Waals surface area contributed by atoms with Crippen LogP contribution in [-0.2, 0) is 14.3 Å². The molecule has 1 heterocycles. The molecule has 4 nitrogen and oxygen atoms in total. The number of aliphatic hydroxyl groups is 1. The highest BCUT2D eigenvalue weighted by molar-refractivity contribution is 9.09. The van der Waals surface area contributed by atoms with Gasteiger partial charge in [0.05, 0.1) is 17.3 Å². The van der Waals surface area contributed by atoms with Crippen molar-refractivity contribution in [3.63, 3.8) is 0 Å². The SMILES string of the molecule is C=C[C@@]1(C)CC[C@@H]2[C@@]3(C)C(OC(C)=O)CC(Br)C(C)(C)[C@@H]3C(O)C[C@@]2(C)O1. The van der Waals surface area contributed by atoms with Gasteiger partial charge in [0.1, 0.15) is 6.10 Å². The van der Waals surface area contributed by atoms with E-state index in [1.165, 1.54) is 6.92 Å². The minimum atomic E-state index is -0.517. The van der Waals surface area contributed by atoms with Crippen molar-refractivity contribution in [3.05, 3.63) is 12.7 Å². The summed E-state index contributed by atoms with van der Waals surface area (Å²) >= 11 is 3.84. The lowest BCUT2D eigenvalue weighted by atomic mass is 9.42. The van der Waals surface area contributed by atoms with Gasteiger partial charge in [0, 0.05) is 29.5 Å². The molecule has 3 unspecified atom stereocenters. The number of rotatable bonds is 2. The van der Waals surface area contributed by atoms with Gasteiger partial charge in [-0.3, -0.25) is 4.79 Å². The van der Waals surface area contributed by atoms with Crippen LogP contribution >= 0.6 is 15.9 Å². The molecule has 2 aliphatic carbocycles. The molecule has 3 aliphatic rings. The van der Waals surface area contributed by atoms with Gasteiger partial charge in [0.25, 0.3) is 0 Å². The van der Waals surface area contributed by atoms with Gasteiger partial charge >= 0.3 is 5.97 Å². The van der Waals surface area contributed by atoms with E-state index in [1.54, 1.807) is 0 Å². The first-order valence-corrected chi connectivity index (χ1v) is 11.0. The average Bonchev–Trinajstić information content (AvgIpc) is 2.50. The Hall–Kier alpha value is -0.390. The van der Waals surface area contributed by atoms with Crippen molar-refractivity contribution in [2.24, 2.45) is 22.7 Å². The highest BCUT2D eigenvalue weighted by Crippen LogP contribution is 2.67. The Labute approximate surface area is 172 Å². The van der Waals surface area contributed by atoms with E-state index in [1.807, 2.05) is 6.08 Å². The van der Waals surface area contributed by atoms with Gasteiger partial charge in [-0.2, -0.15) is 0 Å². The molecule has 5 heteroatoms. The van der Waals surface area contributed by atoms with E-state index < -0.39 is 11.7 Å². The molecule has 0 aromatic rings. The lowest BCUT2D eigenvalue weighted by Gasteiger charge is -2.68. The van der Waals surface area contributed by atoms with Crippen molar-refractivity contribution in [1.29, 1.82) is 0 Å². The molecule has 2 saturated carbocycles. The lowest BCUT2D eigenvalue weighted by molar-refractivity contribution is -0.297. The van der Waals surface area contributed by atoms with E-state index >= 15 is 0 Å². The number of carbonyl (C=O) groups excluding carboxylic acids is 1. The van der Waals surface area contributed by atoms with E-state index in [2.05, 4.69) is 57.1 Å². The van der Waals surface area contributed by atoms with Crippen molar-refractivity contribution >= 4 is 21.9 Å². The zero-order chi connectivity index (χ0) is 20.4. The largest absolute Gasteiger partial charge is 0.462 e. The number of hydrogen-bond acceptors (Lipinski definition) is 4. The van der Waals surface area contributed by atoms with Gasteiger partial charge in [-0.1, -0.05) is 42.8 Å². The van der Waals surface area contributed by atoms with Crippen LogP contribution in [0.25, 0.3) is 0 Å². The monoisotopic (exact) mass is 442 g/mol. The van der Waals surface area contributed by atoms with E-state index in [0.717, 1.165) is 19.3 Å². The quantitative estimate of drug-likeness (QED) is 0.384. The van der Waals surface area contributed by atoms with Gasteiger partial charge in [0.2, 0.25) is 0 Å². The smallest absolute Gasteiger partial charge is 0.302 e. The first-order chi connectivity index (χ1) is 12.3. The number of carbonyl (C=O) groups is 1. The number of halogens is 1. The molecule has 3 fully saturated rings. The van der Waals surface area contributed by atoms with Crippen molar-refractivity contribution in [3.8, 4) is 0 Å². The third kappa shape index (κ3) is 3.12. The van der Waals surface area contributed by atoms with Crippen LogP contribution in [0, 0.1) is 22.7 Å². The van der Waals surface area contributed by atoms with Gasteiger partial charge in [0.15, 0.2) is 0 Å². The maximum absolute atomic E-state index is 11.9. The number of alkyl halides is 1. The summed E-state index contributed by atoms with van der Waals surface area (Å²) in [6.45, 7) is 16.3. The van der Waals surface area contributed by atoms with Crippen LogP contribution in [0.15, 0.2) is 12.7 Å². The summed E-state index contributed by atoms with van der Waals surface area (Å²) in [5.41, 5.74) is -1.33. The van der Waals surface area contributed by atoms with E-state index in [9.17, 15) is 9.90 Å². The average molecular weight is 443 g/mol. The minimum absolute atomic E-state index is 0.0160. The zero-order valence-electron chi connectivity index (χ0n) is 17.5. The maximum atomic E-state index is 11.9. The molecule has 27 heavy (non-hydrogen) atoms. The molecule has 0 radical (unpaired) electrons. The summed E-state index contributed by atoms with van der Waals surface area (Å²) in [5.74, 6) is -0.0360. The first-order valence-electron chi connectivity index (χ1n) is 10.1. The summed E-state index contributed by atoms with van der Waals surface area (Å²) in [6.07, 6.45) is 4.33. The molecule has 1 saturated heterocycles. The van der Waals surface area contributed by atoms with Crippen molar-refractivity contribution in [2.75, 3.05) is 0 Å². The maximum Gasteiger partial charge on any atom is 0.302 e. The minimum Gasteiger partial charge on any atom is -0.462 e. The van der Waals surface area contributed by atoms with E-state index in [0.29, 0.717) is 6.42 Å². The molecule has 0 spiro atoms. The topological polar surface area (TPSA) is 55.8 Å². The predicted octanol–water partition coefficient (Wildman–Crippen LogP) is 4.63. The van der Waals surface area contributed by atoms with Crippen LogP contribution in [-0.4, -0.2) is 39.3 Å². The second-order valence-electron chi connectivity index (χ2n) is 10.3. The van der Waals surface area contributed by atoms with Crippen molar-refractivity contribution < 1.29 is 19.4 Å². The van der Waals surface area contributed by atoms with E-state index in [-0.39, 0.29) is 45.2 Å². The Balaban J connectivity index is 2.11. The van der Waals surface area contributed by atoms with Crippen molar-refractivity contribution in [1.82, 2.24) is 0 Å². The van der Waals surface area contributed by atoms with Crippen LogP contribution in [0.5, 0.6) is 0 Å². The molecule has 1 N–H and O–H groups in total. The Morgan fingerprint density at radius 3 is 2.48 bits per heavy atom. The summed E-state index contributed by atoms with van der Waals surface area (Å²) in [5, 5.41) is 11.4. The fraction of sp³-hybridized carbons (Fsp3) is 0.864. The molecule has 0 aromatic heterocycles. The highest BCUT2D eigenvalue weighted by atomic mass is 79.9. The van der Waals surface area contributed by atoms with E-state index in [4.69, 9.17) is 9.47 Å². The Bertz CT molecular complexity index is 634. The number of aliphatic hydroxyl groups excluding tert-OH is 1. The zero-order valence-corrected chi connectivity index (χ0v) is 19.1. The fourth-order valence-electron chi connectivity index (χ4n) is 6.89. The predicted molar refractivity (Wildman–Crippen MR) is 110 cm³/mol. The van der Waals surface area contributed by atoms with Gasteiger partial charge < -0.3 is 14.6 Å². The molecule has 0 amide bonds. The third-order valence-corrected chi connectivity index (χ3v) is 9.57. The van der Waals surface area contributed by atoms with Crippen LogP contribution in [0.2, 0.25) is 0 Å². The summed E-state index contributed by atoms with van der Waals surface area (Å²) in [7, 11) is 0. The van der Waals surface area contributed by atoms with Crippen molar-refractivity contribution in [2.45, 2.75) is 95.5 Å². The standard InChI is InChI=1S/C22H35BrO4/c1-8-20(5)10-9-15-21(6,27-20)12-14(25)18-19(3,4)16(23)11-17(22(15,18)7)26-13(2)24/h8,14-18,25H,1,9-12H2,2-7H3/t14?,15-,16?,17?,18-,20-,21+,22-/m0/s1. The summed E-state index contributed by atoms with van der Waals surface area (Å²) in [4.78, 5) is 12.1. The van der Waals surface area contributed by atoms with Gasteiger partial charge in [-0.25, -0.2) is 0 Å². The highest BCUT2D eigenvalue weighted by Gasteiger charge is 2.69. The van der Waals surface area contributed by atoms with Crippen LogP contribution < -0.4 is 0 Å². The summed E-state index contributed by atoms with van der Waals surface area (Å²) < 4.78 is 12.5. The third-order valence-electron chi connectivity index (χ3n) is 8.02. The number of esters is 1. The van der Waals surface area contributed by atoms with Crippen LogP contribution in [0.3, 0.4) is 0 Å². The number of hydrogen-bond donors (Lipinski definition) is 1. The Morgan fingerprint density at radius 1 is 1.30 bits per heavy atom. The molecule has 154 valence electrons. The Morgan fingerprint density at radius 2 is 1.93 bits per heavy atom. The molecule has 0 aromatic carbocycles. The molecular formula is C22H35BrO4. The normalized spacial score (nSPS) is 51.6. The second-order valence-corrected chi connectivity index (χ2v) is 11.4. The number of ether oxygens (including phenoxy) is 2.